The van der Waals surface area contributed by atoms with Crippen molar-refractivity contribution in [2.24, 2.45) is 11.5 Å². The quantitative estimate of drug-likeness (QED) is 0.774. The fraction of sp³-hybridized carbons (Fsp3) is 0.250. The van der Waals surface area contributed by atoms with Gasteiger partial charge in [-0.05, 0) is 12.1 Å². The molecule has 0 aliphatic rings. The minimum Gasteiger partial charge on any atom is -0.505 e. The first kappa shape index (κ1) is 13.6. The third-order valence-corrected chi connectivity index (χ3v) is 2.43. The van der Waals surface area contributed by atoms with Gasteiger partial charge >= 0.3 is 0 Å². The van der Waals surface area contributed by atoms with Crippen molar-refractivity contribution in [3.63, 3.8) is 0 Å². The lowest BCUT2D eigenvalue weighted by Crippen LogP contribution is -2.21. The molecule has 0 amide bonds. The molecule has 0 unspecified atom stereocenters. The van der Waals surface area contributed by atoms with Crippen LogP contribution < -0.4 is 11.5 Å². The van der Waals surface area contributed by atoms with Gasteiger partial charge < -0.3 is 16.6 Å². The van der Waals surface area contributed by atoms with Crippen molar-refractivity contribution < 1.29 is 9.50 Å². The van der Waals surface area contributed by atoms with E-state index >= 15 is 0 Å². The topological polar surface area (TPSA) is 72.3 Å². The maximum atomic E-state index is 12.9. The van der Waals surface area contributed by atoms with Gasteiger partial charge in [-0.1, -0.05) is 15.9 Å². The Morgan fingerprint density at radius 2 is 2.07 bits per heavy atom. The second-order valence-electron chi connectivity index (χ2n) is 2.63. The summed E-state index contributed by atoms with van der Waals surface area (Å²) in [4.78, 5) is 0. The van der Waals surface area contributed by atoms with E-state index in [1.165, 1.54) is 6.07 Å². The van der Waals surface area contributed by atoms with Crippen LogP contribution in [0.4, 0.5) is 4.39 Å². The number of hydrogen-bond donors (Lipinski definition) is 3. The molecule has 0 saturated heterocycles. The molecule has 1 rings (SSSR count). The van der Waals surface area contributed by atoms with Crippen LogP contribution >= 0.6 is 28.3 Å². The Kier molecular flexibility index (Phi) is 5.36. The Morgan fingerprint density at radius 1 is 1.50 bits per heavy atom. The number of phenolic OH excluding ortho intramolecular Hbond substituents is 1. The van der Waals surface area contributed by atoms with Crippen LogP contribution in [0.5, 0.6) is 5.75 Å². The Bertz CT molecular complexity index is 324. The molecule has 0 heterocycles. The van der Waals surface area contributed by atoms with Gasteiger partial charge in [0.05, 0.1) is 0 Å². The van der Waals surface area contributed by atoms with E-state index < -0.39 is 17.6 Å². The molecule has 0 aliphatic heterocycles. The van der Waals surface area contributed by atoms with E-state index in [1.807, 2.05) is 0 Å². The molecule has 0 aromatic heterocycles. The predicted molar refractivity (Wildman–Crippen MR) is 59.0 cm³/mol. The molecule has 3 nitrogen and oxygen atoms in total. The zero-order chi connectivity index (χ0) is 10.0. The largest absolute Gasteiger partial charge is 0.505 e. The van der Waals surface area contributed by atoms with Crippen molar-refractivity contribution in [1.29, 1.82) is 0 Å². The van der Waals surface area contributed by atoms with E-state index in [0.717, 1.165) is 6.07 Å². The molecular formula is C8H11BrClFN2O. The second-order valence-corrected chi connectivity index (χ2v) is 3.49. The Morgan fingerprint density at radius 3 is 2.57 bits per heavy atom. The molecule has 6 heteroatoms. The van der Waals surface area contributed by atoms with Crippen LogP contribution in [0.1, 0.15) is 11.6 Å². The lowest BCUT2D eigenvalue weighted by molar-refractivity contribution is 0.420. The number of halogens is 3. The van der Waals surface area contributed by atoms with Gasteiger partial charge in [0.15, 0.2) is 11.6 Å². The molecule has 0 saturated carbocycles. The standard InChI is InChI=1S/C8H10BrFN2O.ClH/c9-4-1-2-5(10)8(13)7(4)6(12)3-11;/h1-2,6,13H,3,11-12H2;1H/t6-;/m1./s1. The average molecular weight is 286 g/mol. The molecular weight excluding hydrogens is 274 g/mol. The number of nitrogens with two attached hydrogens (primary N) is 2. The SMILES string of the molecule is Cl.NC[C@@H](N)c1c(Br)ccc(F)c1O. The first-order valence-corrected chi connectivity index (χ1v) is 4.49. The minimum absolute atomic E-state index is 0. The number of hydrogen-bond acceptors (Lipinski definition) is 3. The lowest BCUT2D eigenvalue weighted by atomic mass is 10.1. The van der Waals surface area contributed by atoms with Crippen LogP contribution in [-0.4, -0.2) is 11.7 Å². The molecule has 0 aliphatic carbocycles. The maximum Gasteiger partial charge on any atom is 0.165 e. The fourth-order valence-electron chi connectivity index (χ4n) is 1.03. The van der Waals surface area contributed by atoms with E-state index in [0.29, 0.717) is 10.0 Å². The molecule has 0 fully saturated rings. The molecule has 1 aromatic rings. The van der Waals surface area contributed by atoms with Crippen LogP contribution in [0.15, 0.2) is 16.6 Å². The molecule has 80 valence electrons. The van der Waals surface area contributed by atoms with E-state index in [1.54, 1.807) is 0 Å². The summed E-state index contributed by atoms with van der Waals surface area (Å²) in [5, 5.41) is 9.34. The molecule has 0 bridgehead atoms. The highest BCUT2D eigenvalue weighted by Gasteiger charge is 2.16. The molecule has 14 heavy (non-hydrogen) atoms. The first-order chi connectivity index (χ1) is 6.07. The van der Waals surface area contributed by atoms with E-state index in [4.69, 9.17) is 11.5 Å². The summed E-state index contributed by atoms with van der Waals surface area (Å²) >= 11 is 3.16. The van der Waals surface area contributed by atoms with Gasteiger partial charge in [0.25, 0.3) is 0 Å². The monoisotopic (exact) mass is 284 g/mol. The van der Waals surface area contributed by atoms with Crippen LogP contribution in [0.3, 0.4) is 0 Å². The highest BCUT2D eigenvalue weighted by Crippen LogP contribution is 2.32. The Hall–Kier alpha value is -0.360. The second kappa shape index (κ2) is 5.50. The minimum atomic E-state index is -0.692. The van der Waals surface area contributed by atoms with Crippen molar-refractivity contribution in [1.82, 2.24) is 0 Å². The van der Waals surface area contributed by atoms with Crippen molar-refractivity contribution in [2.45, 2.75) is 6.04 Å². The van der Waals surface area contributed by atoms with Gasteiger partial charge in [-0.15, -0.1) is 12.4 Å². The summed E-state index contributed by atoms with van der Waals surface area (Å²) in [6.45, 7) is 0.148. The van der Waals surface area contributed by atoms with Crippen LogP contribution in [0, 0.1) is 5.82 Å². The van der Waals surface area contributed by atoms with Gasteiger partial charge in [0, 0.05) is 22.6 Å². The summed E-state index contributed by atoms with van der Waals surface area (Å²) in [5.41, 5.74) is 11.2. The van der Waals surface area contributed by atoms with Crippen molar-refractivity contribution in [3.8, 4) is 5.75 Å². The molecule has 1 atom stereocenters. The van der Waals surface area contributed by atoms with E-state index in [9.17, 15) is 9.50 Å². The fourth-order valence-corrected chi connectivity index (χ4v) is 1.64. The van der Waals surface area contributed by atoms with Crippen LogP contribution in [0.2, 0.25) is 0 Å². The van der Waals surface area contributed by atoms with Crippen LogP contribution in [-0.2, 0) is 0 Å². The number of rotatable bonds is 2. The summed E-state index contributed by atoms with van der Waals surface area (Å²) < 4.78 is 13.4. The summed E-state index contributed by atoms with van der Waals surface area (Å²) in [5.74, 6) is -1.13. The van der Waals surface area contributed by atoms with Gasteiger partial charge in [-0.25, -0.2) is 4.39 Å². The normalized spacial score (nSPS) is 12.0. The zero-order valence-corrected chi connectivity index (χ0v) is 9.61. The predicted octanol–water partition coefficient (Wildman–Crippen LogP) is 1.67. The number of aromatic hydroxyl groups is 1. The highest BCUT2D eigenvalue weighted by atomic mass is 79.9. The smallest absolute Gasteiger partial charge is 0.165 e. The van der Waals surface area contributed by atoms with E-state index in [-0.39, 0.29) is 19.0 Å². The molecule has 0 radical (unpaired) electrons. The summed E-state index contributed by atoms with van der Waals surface area (Å²) in [6, 6.07) is 2.08. The first-order valence-electron chi connectivity index (χ1n) is 3.70. The highest BCUT2D eigenvalue weighted by molar-refractivity contribution is 9.10. The number of benzene rings is 1. The van der Waals surface area contributed by atoms with E-state index in [2.05, 4.69) is 15.9 Å². The maximum absolute atomic E-state index is 12.9. The number of phenols is 1. The summed E-state index contributed by atoms with van der Waals surface area (Å²) in [7, 11) is 0. The zero-order valence-electron chi connectivity index (χ0n) is 7.21. The third-order valence-electron chi connectivity index (χ3n) is 1.74. The average Bonchev–Trinajstić information content (AvgIpc) is 2.12. The Balaban J connectivity index is 0.00000169. The third kappa shape index (κ3) is 2.57. The Labute approximate surface area is 95.8 Å². The molecule has 0 spiro atoms. The van der Waals surface area contributed by atoms with Crippen molar-refractivity contribution in [3.05, 3.63) is 28.0 Å². The molecule has 1 aromatic carbocycles. The molecule has 5 N–H and O–H groups in total. The van der Waals surface area contributed by atoms with Gasteiger partial charge in [-0.2, -0.15) is 0 Å². The lowest BCUT2D eigenvalue weighted by Gasteiger charge is -2.13. The van der Waals surface area contributed by atoms with Crippen molar-refractivity contribution in [2.75, 3.05) is 6.54 Å². The van der Waals surface area contributed by atoms with Gasteiger partial charge in [0.1, 0.15) is 0 Å². The van der Waals surface area contributed by atoms with Crippen molar-refractivity contribution >= 4 is 28.3 Å². The van der Waals surface area contributed by atoms with Gasteiger partial charge in [-0.3, -0.25) is 0 Å². The van der Waals surface area contributed by atoms with Gasteiger partial charge in [0.2, 0.25) is 0 Å². The summed E-state index contributed by atoms with van der Waals surface area (Å²) in [6.07, 6.45) is 0. The van der Waals surface area contributed by atoms with Crippen LogP contribution in [0.25, 0.3) is 0 Å².